The summed E-state index contributed by atoms with van der Waals surface area (Å²) in [7, 11) is 0. The molecule has 1 unspecified atom stereocenters. The standard InChI is InChI=1S/C15H24N2O3/c1-3-17(4-2)8-7-16-13(10-18)12-5-6-14-15(9-12)20-11-19-14/h5-6,9,13,16,18H,3-4,7-8,10-11H2,1-2H3. The number of aliphatic hydroxyl groups is 1. The summed E-state index contributed by atoms with van der Waals surface area (Å²) in [6.07, 6.45) is 0. The predicted octanol–water partition coefficient (Wildman–Crippen LogP) is 1.38. The number of likely N-dealkylation sites (N-methyl/N-ethyl adjacent to an activating group) is 1. The highest BCUT2D eigenvalue weighted by Gasteiger charge is 2.17. The van der Waals surface area contributed by atoms with E-state index in [0.29, 0.717) is 0 Å². The predicted molar refractivity (Wildman–Crippen MR) is 78.2 cm³/mol. The Morgan fingerprint density at radius 2 is 2.00 bits per heavy atom. The van der Waals surface area contributed by atoms with E-state index in [1.807, 2.05) is 18.2 Å². The zero-order chi connectivity index (χ0) is 14.4. The van der Waals surface area contributed by atoms with E-state index >= 15 is 0 Å². The first-order valence-corrected chi connectivity index (χ1v) is 7.24. The van der Waals surface area contributed by atoms with Crippen molar-refractivity contribution in [1.29, 1.82) is 0 Å². The molecule has 0 radical (unpaired) electrons. The zero-order valence-corrected chi connectivity index (χ0v) is 12.3. The maximum atomic E-state index is 9.56. The maximum Gasteiger partial charge on any atom is 0.231 e. The molecule has 0 fully saturated rings. The van der Waals surface area contributed by atoms with E-state index in [1.165, 1.54) is 0 Å². The Morgan fingerprint density at radius 1 is 1.25 bits per heavy atom. The first kappa shape index (κ1) is 15.1. The Morgan fingerprint density at radius 3 is 2.70 bits per heavy atom. The molecular weight excluding hydrogens is 256 g/mol. The fraction of sp³-hybridized carbons (Fsp3) is 0.600. The van der Waals surface area contributed by atoms with E-state index in [0.717, 1.165) is 43.2 Å². The third-order valence-electron chi connectivity index (χ3n) is 3.69. The second-order valence-electron chi connectivity index (χ2n) is 4.83. The number of aliphatic hydroxyl groups excluding tert-OH is 1. The lowest BCUT2D eigenvalue weighted by Crippen LogP contribution is -2.34. The molecule has 1 aromatic carbocycles. The normalized spacial score (nSPS) is 14.8. The summed E-state index contributed by atoms with van der Waals surface area (Å²) in [5.41, 5.74) is 1.02. The summed E-state index contributed by atoms with van der Waals surface area (Å²) in [5.74, 6) is 1.53. The molecule has 1 atom stereocenters. The van der Waals surface area contributed by atoms with Crippen molar-refractivity contribution in [2.24, 2.45) is 0 Å². The fourth-order valence-electron chi connectivity index (χ4n) is 2.35. The van der Waals surface area contributed by atoms with Crippen LogP contribution in [0.2, 0.25) is 0 Å². The number of hydrogen-bond acceptors (Lipinski definition) is 5. The molecule has 0 saturated carbocycles. The van der Waals surface area contributed by atoms with Gasteiger partial charge in [0.2, 0.25) is 6.79 Å². The molecule has 20 heavy (non-hydrogen) atoms. The maximum absolute atomic E-state index is 9.56. The van der Waals surface area contributed by atoms with Crippen molar-refractivity contribution >= 4 is 0 Å². The summed E-state index contributed by atoms with van der Waals surface area (Å²) in [6, 6.07) is 5.74. The van der Waals surface area contributed by atoms with Gasteiger partial charge < -0.3 is 24.8 Å². The number of nitrogens with zero attached hydrogens (tertiary/aromatic N) is 1. The first-order valence-electron chi connectivity index (χ1n) is 7.24. The van der Waals surface area contributed by atoms with E-state index in [2.05, 4.69) is 24.1 Å². The van der Waals surface area contributed by atoms with Crippen LogP contribution in [-0.2, 0) is 0 Å². The Kier molecular flexibility index (Phi) is 5.64. The highest BCUT2D eigenvalue weighted by Crippen LogP contribution is 2.34. The van der Waals surface area contributed by atoms with Gasteiger partial charge in [-0.25, -0.2) is 0 Å². The SMILES string of the molecule is CCN(CC)CCNC(CO)c1ccc2c(c1)OCO2. The number of rotatable bonds is 8. The van der Waals surface area contributed by atoms with Gasteiger partial charge in [0.15, 0.2) is 11.5 Å². The molecule has 5 nitrogen and oxygen atoms in total. The van der Waals surface area contributed by atoms with Crippen LogP contribution in [0.5, 0.6) is 11.5 Å². The average molecular weight is 280 g/mol. The molecule has 1 aliphatic heterocycles. The van der Waals surface area contributed by atoms with Crippen LogP contribution in [0.25, 0.3) is 0 Å². The molecule has 0 aromatic heterocycles. The number of nitrogens with one attached hydrogen (secondary N) is 1. The van der Waals surface area contributed by atoms with Crippen LogP contribution >= 0.6 is 0 Å². The van der Waals surface area contributed by atoms with Crippen LogP contribution in [-0.4, -0.2) is 49.6 Å². The van der Waals surface area contributed by atoms with Crippen molar-refractivity contribution < 1.29 is 14.6 Å². The van der Waals surface area contributed by atoms with Gasteiger partial charge in [-0.1, -0.05) is 19.9 Å². The van der Waals surface area contributed by atoms with E-state index in [4.69, 9.17) is 9.47 Å². The van der Waals surface area contributed by atoms with Gasteiger partial charge in [0.05, 0.1) is 12.6 Å². The molecular formula is C15H24N2O3. The molecule has 2 N–H and O–H groups in total. The summed E-state index contributed by atoms with van der Waals surface area (Å²) >= 11 is 0. The number of fused-ring (bicyclic) bond motifs is 1. The van der Waals surface area contributed by atoms with Crippen molar-refractivity contribution in [2.75, 3.05) is 39.6 Å². The van der Waals surface area contributed by atoms with Crippen LogP contribution < -0.4 is 14.8 Å². The molecule has 0 aliphatic carbocycles. The van der Waals surface area contributed by atoms with Crippen molar-refractivity contribution in [1.82, 2.24) is 10.2 Å². The summed E-state index contributed by atoms with van der Waals surface area (Å²) in [6.45, 7) is 8.58. The molecule has 0 amide bonds. The van der Waals surface area contributed by atoms with E-state index in [1.54, 1.807) is 0 Å². The second kappa shape index (κ2) is 7.47. The molecule has 0 spiro atoms. The Bertz CT molecular complexity index is 422. The zero-order valence-electron chi connectivity index (χ0n) is 12.3. The van der Waals surface area contributed by atoms with Crippen molar-refractivity contribution in [3.8, 4) is 11.5 Å². The molecule has 1 aromatic rings. The molecule has 2 rings (SSSR count). The minimum absolute atomic E-state index is 0.0674. The lowest BCUT2D eigenvalue weighted by Gasteiger charge is -2.21. The highest BCUT2D eigenvalue weighted by molar-refractivity contribution is 5.45. The minimum Gasteiger partial charge on any atom is -0.454 e. The van der Waals surface area contributed by atoms with Gasteiger partial charge >= 0.3 is 0 Å². The molecule has 5 heteroatoms. The lowest BCUT2D eigenvalue weighted by molar-refractivity contribution is 0.174. The van der Waals surface area contributed by atoms with Gasteiger partial charge in [0.1, 0.15) is 0 Å². The van der Waals surface area contributed by atoms with Crippen molar-refractivity contribution in [2.45, 2.75) is 19.9 Å². The van der Waals surface area contributed by atoms with Crippen LogP contribution in [0.15, 0.2) is 18.2 Å². The Balaban J connectivity index is 1.91. The fourth-order valence-corrected chi connectivity index (χ4v) is 2.35. The quantitative estimate of drug-likeness (QED) is 0.753. The van der Waals surface area contributed by atoms with Crippen molar-refractivity contribution in [3.63, 3.8) is 0 Å². The average Bonchev–Trinajstić information content (AvgIpc) is 2.95. The highest BCUT2D eigenvalue weighted by atomic mass is 16.7. The first-order chi connectivity index (χ1) is 9.78. The van der Waals surface area contributed by atoms with Gasteiger partial charge in [0.25, 0.3) is 0 Å². The molecule has 1 heterocycles. The Labute approximate surface area is 120 Å². The van der Waals surface area contributed by atoms with Crippen LogP contribution in [0.4, 0.5) is 0 Å². The second-order valence-corrected chi connectivity index (χ2v) is 4.83. The molecule has 0 saturated heterocycles. The monoisotopic (exact) mass is 280 g/mol. The van der Waals surface area contributed by atoms with Gasteiger partial charge in [-0.3, -0.25) is 0 Å². The van der Waals surface area contributed by atoms with Gasteiger partial charge in [-0.05, 0) is 30.8 Å². The minimum atomic E-state index is -0.0694. The van der Waals surface area contributed by atoms with Gasteiger partial charge in [-0.15, -0.1) is 0 Å². The van der Waals surface area contributed by atoms with Gasteiger partial charge in [-0.2, -0.15) is 0 Å². The number of hydrogen-bond donors (Lipinski definition) is 2. The smallest absolute Gasteiger partial charge is 0.231 e. The third-order valence-corrected chi connectivity index (χ3v) is 3.69. The van der Waals surface area contributed by atoms with Gasteiger partial charge in [0, 0.05) is 13.1 Å². The summed E-state index contributed by atoms with van der Waals surface area (Å²) < 4.78 is 10.7. The van der Waals surface area contributed by atoms with Crippen LogP contribution in [0.1, 0.15) is 25.5 Å². The topological polar surface area (TPSA) is 54.0 Å². The lowest BCUT2D eigenvalue weighted by atomic mass is 10.1. The number of ether oxygens (including phenoxy) is 2. The molecule has 1 aliphatic rings. The Hall–Kier alpha value is -1.30. The largest absolute Gasteiger partial charge is 0.454 e. The van der Waals surface area contributed by atoms with E-state index in [9.17, 15) is 5.11 Å². The summed E-state index contributed by atoms with van der Waals surface area (Å²) in [5, 5.41) is 12.9. The van der Waals surface area contributed by atoms with Crippen LogP contribution in [0.3, 0.4) is 0 Å². The third kappa shape index (κ3) is 3.62. The van der Waals surface area contributed by atoms with Crippen molar-refractivity contribution in [3.05, 3.63) is 23.8 Å². The molecule has 112 valence electrons. The van der Waals surface area contributed by atoms with E-state index < -0.39 is 0 Å². The van der Waals surface area contributed by atoms with E-state index in [-0.39, 0.29) is 19.4 Å². The molecule has 0 bridgehead atoms. The van der Waals surface area contributed by atoms with Crippen LogP contribution in [0, 0.1) is 0 Å². The number of benzene rings is 1. The summed E-state index contributed by atoms with van der Waals surface area (Å²) in [4.78, 5) is 2.35.